The highest BCUT2D eigenvalue weighted by atomic mass is 32.1. The molecule has 1 aliphatic heterocycles. The van der Waals surface area contributed by atoms with Gasteiger partial charge in [-0.1, -0.05) is 18.1 Å². The number of ether oxygens (including phenoxy) is 1. The van der Waals surface area contributed by atoms with E-state index in [1.807, 2.05) is 5.92 Å². The van der Waals surface area contributed by atoms with Gasteiger partial charge in [0.05, 0.1) is 0 Å². The summed E-state index contributed by atoms with van der Waals surface area (Å²) in [6, 6.07) is 0. The maximum absolute atomic E-state index is 13.8. The minimum absolute atomic E-state index is 0.256. The fourth-order valence-corrected chi connectivity index (χ4v) is 5.94. The molecule has 1 aliphatic rings. The summed E-state index contributed by atoms with van der Waals surface area (Å²) < 4.78 is 64.7. The third-order valence-electron chi connectivity index (χ3n) is 3.73. The van der Waals surface area contributed by atoms with Crippen LogP contribution in [0.15, 0.2) is 6.20 Å². The Hall–Kier alpha value is -0.700. The minimum Gasteiger partial charge on any atom is -0.386 e. The van der Waals surface area contributed by atoms with E-state index in [-0.39, 0.29) is 9.41 Å². The van der Waals surface area contributed by atoms with Gasteiger partial charge in [0.2, 0.25) is 0 Å². The molecule has 0 bridgehead atoms. The van der Waals surface area contributed by atoms with E-state index < -0.39 is 59.9 Å². The summed E-state index contributed by atoms with van der Waals surface area (Å²) in [5, 5.41) is 20.6. The summed E-state index contributed by atoms with van der Waals surface area (Å²) in [6.07, 6.45) is 0.428. The Labute approximate surface area is 187 Å². The molecule has 180 valence electrons. The van der Waals surface area contributed by atoms with E-state index in [1.165, 1.54) is 0 Å². The Morgan fingerprint density at radius 3 is 2.34 bits per heavy atom. The number of halogens is 1. The molecule has 1 aromatic rings. The van der Waals surface area contributed by atoms with Crippen LogP contribution in [-0.4, -0.2) is 63.8 Å². The molecule has 6 unspecified atom stereocenters. The maximum atomic E-state index is 13.8. The van der Waals surface area contributed by atoms with Crippen molar-refractivity contribution in [2.45, 2.75) is 24.0 Å². The quantitative estimate of drug-likeness (QED) is 0.130. The van der Waals surface area contributed by atoms with Crippen molar-refractivity contribution in [2.75, 3.05) is 6.61 Å². The first-order valence-electron chi connectivity index (χ1n) is 7.73. The summed E-state index contributed by atoms with van der Waals surface area (Å²) >= 11 is 9.61. The third kappa shape index (κ3) is 6.45. The van der Waals surface area contributed by atoms with Gasteiger partial charge in [0, 0.05) is 6.20 Å². The molecule has 0 aliphatic carbocycles. The van der Waals surface area contributed by atoms with Gasteiger partial charge < -0.3 is 39.5 Å². The molecule has 1 aromatic heterocycles. The SMILES string of the molecule is C#CC1(COP(=O)(O)OP(=O)(O)OP(=O)(O)O)OC(n2cc(F)c(=S)[nH]c2=S)C(O)C1O. The second-order valence-corrected chi connectivity index (χ2v) is 11.2. The van der Waals surface area contributed by atoms with Crippen molar-refractivity contribution in [1.82, 2.24) is 9.55 Å². The zero-order chi connectivity index (χ0) is 24.7. The molecule has 0 amide bonds. The molecule has 2 rings (SSSR count). The van der Waals surface area contributed by atoms with E-state index in [1.54, 1.807) is 0 Å². The fraction of sp³-hybridized carbons (Fsp3) is 0.455. The highest BCUT2D eigenvalue weighted by Gasteiger charge is 2.56. The number of rotatable bonds is 8. The van der Waals surface area contributed by atoms with Crippen molar-refractivity contribution in [1.29, 1.82) is 0 Å². The predicted octanol–water partition coefficient (Wildman–Crippen LogP) is 0.380. The number of aliphatic hydroxyl groups excluding tert-OH is 2. The number of hydrogen-bond acceptors (Lipinski definition) is 11. The molecule has 0 spiro atoms. The van der Waals surface area contributed by atoms with Gasteiger partial charge in [-0.25, -0.2) is 18.1 Å². The highest BCUT2D eigenvalue weighted by molar-refractivity contribution is 7.72. The normalized spacial score (nSPS) is 29.8. The summed E-state index contributed by atoms with van der Waals surface area (Å²) in [4.78, 5) is 38.0. The van der Waals surface area contributed by atoms with Crippen molar-refractivity contribution in [3.05, 3.63) is 21.4 Å². The Morgan fingerprint density at radius 1 is 1.22 bits per heavy atom. The van der Waals surface area contributed by atoms with Gasteiger partial charge in [0.15, 0.2) is 22.4 Å². The number of aromatic nitrogens is 2. The molecule has 32 heavy (non-hydrogen) atoms. The van der Waals surface area contributed by atoms with Crippen LogP contribution in [0.1, 0.15) is 6.23 Å². The van der Waals surface area contributed by atoms with Crippen LogP contribution in [-0.2, 0) is 31.6 Å². The Kier molecular flexibility index (Phi) is 8.19. The molecular formula is C11H14FN2O13P3S2. The van der Waals surface area contributed by atoms with E-state index >= 15 is 0 Å². The number of nitrogens with one attached hydrogen (secondary N) is 1. The lowest BCUT2D eigenvalue weighted by Crippen LogP contribution is -2.45. The first-order chi connectivity index (χ1) is 14.4. The molecule has 1 saturated heterocycles. The van der Waals surface area contributed by atoms with E-state index in [2.05, 4.69) is 30.3 Å². The number of hydrogen-bond donors (Lipinski definition) is 7. The average molecular weight is 558 g/mol. The molecule has 7 N–H and O–H groups in total. The average Bonchev–Trinajstić information content (AvgIpc) is 2.85. The summed E-state index contributed by atoms with van der Waals surface area (Å²) in [6.45, 7) is -1.28. The van der Waals surface area contributed by atoms with Crippen LogP contribution in [0.2, 0.25) is 0 Å². The number of phosphoric ester groups is 1. The van der Waals surface area contributed by atoms with Gasteiger partial charge in [0.25, 0.3) is 0 Å². The van der Waals surface area contributed by atoms with Crippen LogP contribution >= 0.6 is 47.9 Å². The molecule has 0 saturated carbocycles. The second-order valence-electron chi connectivity index (χ2n) is 5.99. The standard InChI is InChI=1S/C11H14FN2O13P3S2/c1-2-11(4-24-29(20,21)27-30(22,23)26-28(17,18)19)7(16)6(15)9(25-11)14-3-5(12)8(31)13-10(14)32/h1,3,6-7,9,15-16H,4H2,(H,20,21)(H,22,23)(H,13,31,32)(H2,17,18,19). The zero-order valence-corrected chi connectivity index (χ0v) is 19.4. The van der Waals surface area contributed by atoms with Crippen LogP contribution in [0.4, 0.5) is 4.39 Å². The van der Waals surface area contributed by atoms with Crippen LogP contribution in [0, 0.1) is 27.6 Å². The number of H-pyrrole nitrogens is 1. The smallest absolute Gasteiger partial charge is 0.386 e. The Morgan fingerprint density at radius 2 is 1.81 bits per heavy atom. The molecule has 15 nitrogen and oxygen atoms in total. The lowest BCUT2D eigenvalue weighted by molar-refractivity contribution is -0.0916. The molecule has 0 radical (unpaired) electrons. The fourth-order valence-electron chi connectivity index (χ4n) is 2.42. The molecule has 21 heteroatoms. The van der Waals surface area contributed by atoms with Crippen LogP contribution in [0.3, 0.4) is 0 Å². The lowest BCUT2D eigenvalue weighted by atomic mass is 9.97. The number of phosphoric acid groups is 3. The zero-order valence-electron chi connectivity index (χ0n) is 15.1. The molecule has 1 fully saturated rings. The highest BCUT2D eigenvalue weighted by Crippen LogP contribution is 2.66. The van der Waals surface area contributed by atoms with E-state index in [4.69, 9.17) is 38.1 Å². The predicted molar refractivity (Wildman–Crippen MR) is 104 cm³/mol. The number of terminal acetylenes is 1. The van der Waals surface area contributed by atoms with Gasteiger partial charge in [-0.3, -0.25) is 9.09 Å². The van der Waals surface area contributed by atoms with E-state index in [0.717, 1.165) is 10.8 Å². The van der Waals surface area contributed by atoms with E-state index in [0.29, 0.717) is 0 Å². The van der Waals surface area contributed by atoms with Gasteiger partial charge in [0.1, 0.15) is 23.5 Å². The first kappa shape index (κ1) is 27.5. The van der Waals surface area contributed by atoms with Crippen molar-refractivity contribution < 1.29 is 65.8 Å². The van der Waals surface area contributed by atoms with Crippen molar-refractivity contribution in [3.8, 4) is 12.3 Å². The third-order valence-corrected chi connectivity index (χ3v) is 8.12. The van der Waals surface area contributed by atoms with Crippen molar-refractivity contribution in [3.63, 3.8) is 0 Å². The minimum atomic E-state index is -5.81. The molecule has 2 heterocycles. The van der Waals surface area contributed by atoms with Crippen molar-refractivity contribution in [2.24, 2.45) is 0 Å². The summed E-state index contributed by atoms with van der Waals surface area (Å²) in [7, 11) is -17.1. The van der Waals surface area contributed by atoms with Gasteiger partial charge in [-0.15, -0.1) is 6.42 Å². The lowest BCUT2D eigenvalue weighted by Gasteiger charge is -2.27. The summed E-state index contributed by atoms with van der Waals surface area (Å²) in [5.74, 6) is 0.891. The van der Waals surface area contributed by atoms with Crippen LogP contribution in [0.5, 0.6) is 0 Å². The Bertz CT molecular complexity index is 1190. The second kappa shape index (κ2) is 9.51. The molecular weight excluding hydrogens is 544 g/mol. The van der Waals surface area contributed by atoms with Crippen molar-refractivity contribution >= 4 is 47.9 Å². The number of aliphatic hydroxyl groups is 2. The number of nitrogens with zero attached hydrogens (tertiary/aromatic N) is 1. The van der Waals surface area contributed by atoms with E-state index in [9.17, 15) is 33.2 Å². The topological polar surface area (TPSA) is 230 Å². The largest absolute Gasteiger partial charge is 0.490 e. The summed E-state index contributed by atoms with van der Waals surface area (Å²) in [5.41, 5.74) is -2.41. The van der Waals surface area contributed by atoms with Gasteiger partial charge >= 0.3 is 23.5 Å². The van der Waals surface area contributed by atoms with Crippen LogP contribution in [0.25, 0.3) is 0 Å². The maximum Gasteiger partial charge on any atom is 0.490 e. The van der Waals surface area contributed by atoms with Crippen LogP contribution < -0.4 is 0 Å². The first-order valence-corrected chi connectivity index (χ1v) is 13.1. The van der Waals surface area contributed by atoms with Gasteiger partial charge in [-0.05, 0) is 12.2 Å². The molecule has 6 atom stereocenters. The number of aromatic amines is 1. The molecule has 0 aromatic carbocycles. The monoisotopic (exact) mass is 558 g/mol. The Balaban J connectivity index is 2.26. The van der Waals surface area contributed by atoms with Gasteiger partial charge in [-0.2, -0.15) is 8.62 Å².